The quantitative estimate of drug-likeness (QED) is 0.609. The predicted octanol–water partition coefficient (Wildman–Crippen LogP) is 3.02. The van der Waals surface area contributed by atoms with Crippen molar-refractivity contribution in [3.8, 4) is 0 Å². The van der Waals surface area contributed by atoms with E-state index in [2.05, 4.69) is 10.3 Å². The molecule has 0 saturated carbocycles. The first-order valence-electron chi connectivity index (χ1n) is 6.86. The van der Waals surface area contributed by atoms with Crippen molar-refractivity contribution in [1.82, 2.24) is 10.3 Å². The SMILES string of the molecule is CC(=O)c1c[nH]c(C(=O)NCCSCc2ccccc2F)c1. The number of aromatic nitrogens is 1. The third kappa shape index (κ3) is 4.46. The summed E-state index contributed by atoms with van der Waals surface area (Å²) in [6, 6.07) is 8.19. The van der Waals surface area contributed by atoms with Crippen LogP contribution in [0.25, 0.3) is 0 Å². The molecule has 2 rings (SSSR count). The maximum Gasteiger partial charge on any atom is 0.267 e. The van der Waals surface area contributed by atoms with Gasteiger partial charge in [-0.15, -0.1) is 0 Å². The molecule has 4 nitrogen and oxygen atoms in total. The summed E-state index contributed by atoms with van der Waals surface area (Å²) in [6.45, 7) is 1.93. The van der Waals surface area contributed by atoms with Crippen LogP contribution in [0.2, 0.25) is 0 Å². The second-order valence-corrected chi connectivity index (χ2v) is 5.86. The van der Waals surface area contributed by atoms with Gasteiger partial charge in [0.2, 0.25) is 0 Å². The lowest BCUT2D eigenvalue weighted by molar-refractivity contribution is 0.0951. The number of aromatic amines is 1. The van der Waals surface area contributed by atoms with Crippen LogP contribution in [0.4, 0.5) is 4.39 Å². The fourth-order valence-corrected chi connectivity index (χ4v) is 2.70. The molecule has 0 fully saturated rings. The molecule has 0 aliphatic carbocycles. The van der Waals surface area contributed by atoms with Crippen LogP contribution in [0.15, 0.2) is 36.5 Å². The van der Waals surface area contributed by atoms with Crippen molar-refractivity contribution in [2.45, 2.75) is 12.7 Å². The minimum absolute atomic E-state index is 0.0873. The minimum Gasteiger partial charge on any atom is -0.356 e. The molecule has 22 heavy (non-hydrogen) atoms. The van der Waals surface area contributed by atoms with Crippen LogP contribution in [0.5, 0.6) is 0 Å². The van der Waals surface area contributed by atoms with E-state index in [-0.39, 0.29) is 17.5 Å². The Kier molecular flexibility index (Phi) is 5.77. The molecule has 2 N–H and O–H groups in total. The van der Waals surface area contributed by atoms with Crippen molar-refractivity contribution < 1.29 is 14.0 Å². The summed E-state index contributed by atoms with van der Waals surface area (Å²) in [5.74, 6) is 0.705. The maximum absolute atomic E-state index is 13.4. The topological polar surface area (TPSA) is 62.0 Å². The molecule has 0 unspecified atom stereocenters. The number of rotatable bonds is 7. The van der Waals surface area contributed by atoms with Crippen molar-refractivity contribution >= 4 is 23.5 Å². The Bertz CT molecular complexity index is 670. The summed E-state index contributed by atoms with van der Waals surface area (Å²) in [5.41, 5.74) is 1.51. The Balaban J connectivity index is 1.71. The molecule has 1 aromatic heterocycles. The summed E-state index contributed by atoms with van der Waals surface area (Å²) >= 11 is 1.55. The van der Waals surface area contributed by atoms with Crippen molar-refractivity contribution in [3.63, 3.8) is 0 Å². The van der Waals surface area contributed by atoms with Gasteiger partial charge in [-0.2, -0.15) is 11.8 Å². The van der Waals surface area contributed by atoms with Gasteiger partial charge < -0.3 is 10.3 Å². The number of hydrogen-bond acceptors (Lipinski definition) is 3. The van der Waals surface area contributed by atoms with E-state index in [1.807, 2.05) is 0 Å². The molecule has 1 heterocycles. The molecule has 1 amide bonds. The maximum atomic E-state index is 13.4. The number of nitrogens with one attached hydrogen (secondary N) is 2. The summed E-state index contributed by atoms with van der Waals surface area (Å²) in [6.07, 6.45) is 1.52. The second-order valence-electron chi connectivity index (χ2n) is 4.76. The minimum atomic E-state index is -0.251. The van der Waals surface area contributed by atoms with Crippen LogP contribution < -0.4 is 5.32 Å². The molecule has 0 saturated heterocycles. The number of thioether (sulfide) groups is 1. The van der Waals surface area contributed by atoms with Gasteiger partial charge in [-0.3, -0.25) is 9.59 Å². The lowest BCUT2D eigenvalue weighted by Crippen LogP contribution is -2.26. The Morgan fingerprint density at radius 3 is 2.77 bits per heavy atom. The van der Waals surface area contributed by atoms with Gasteiger partial charge in [-0.05, 0) is 24.6 Å². The van der Waals surface area contributed by atoms with Gasteiger partial charge >= 0.3 is 0 Å². The summed E-state index contributed by atoms with van der Waals surface area (Å²) in [5, 5.41) is 2.76. The second kappa shape index (κ2) is 7.79. The molecular formula is C16H17FN2O2S. The molecule has 1 aromatic carbocycles. The Hall–Kier alpha value is -2.08. The van der Waals surface area contributed by atoms with E-state index >= 15 is 0 Å². The Labute approximate surface area is 132 Å². The van der Waals surface area contributed by atoms with E-state index in [0.717, 1.165) is 0 Å². The predicted molar refractivity (Wildman–Crippen MR) is 85.7 cm³/mol. The van der Waals surface area contributed by atoms with Crippen LogP contribution in [0, 0.1) is 5.82 Å². The summed E-state index contributed by atoms with van der Waals surface area (Å²) in [7, 11) is 0. The Morgan fingerprint density at radius 2 is 2.09 bits per heavy atom. The number of hydrogen-bond donors (Lipinski definition) is 2. The molecule has 116 valence electrons. The van der Waals surface area contributed by atoms with Gasteiger partial charge in [0, 0.05) is 29.8 Å². The molecule has 0 aliphatic heterocycles. The average molecular weight is 320 g/mol. The third-order valence-corrected chi connectivity index (χ3v) is 4.09. The number of H-pyrrole nitrogens is 1. The van der Waals surface area contributed by atoms with Crippen LogP contribution in [0.1, 0.15) is 33.3 Å². The zero-order chi connectivity index (χ0) is 15.9. The number of ketones is 1. The Morgan fingerprint density at radius 1 is 1.32 bits per heavy atom. The van der Waals surface area contributed by atoms with Gasteiger partial charge in [0.1, 0.15) is 11.5 Å². The highest BCUT2D eigenvalue weighted by atomic mass is 32.2. The highest BCUT2D eigenvalue weighted by Crippen LogP contribution is 2.14. The van der Waals surface area contributed by atoms with Gasteiger partial charge in [0.15, 0.2) is 5.78 Å². The molecular weight excluding hydrogens is 303 g/mol. The summed E-state index contributed by atoms with van der Waals surface area (Å²) < 4.78 is 13.4. The first kappa shape index (κ1) is 16.3. The number of carbonyl (C=O) groups is 2. The van der Waals surface area contributed by atoms with E-state index < -0.39 is 0 Å². The lowest BCUT2D eigenvalue weighted by Gasteiger charge is -2.05. The van der Waals surface area contributed by atoms with E-state index in [1.165, 1.54) is 25.3 Å². The van der Waals surface area contributed by atoms with Gasteiger partial charge in [-0.25, -0.2) is 4.39 Å². The number of amides is 1. The van der Waals surface area contributed by atoms with E-state index in [9.17, 15) is 14.0 Å². The molecule has 0 bridgehead atoms. The first-order valence-corrected chi connectivity index (χ1v) is 8.02. The van der Waals surface area contributed by atoms with Gasteiger partial charge in [0.05, 0.1) is 0 Å². The monoisotopic (exact) mass is 320 g/mol. The zero-order valence-electron chi connectivity index (χ0n) is 12.2. The fourth-order valence-electron chi connectivity index (χ4n) is 1.86. The number of halogens is 1. The average Bonchev–Trinajstić information content (AvgIpc) is 2.98. The molecule has 0 aliphatic rings. The van der Waals surface area contributed by atoms with E-state index in [4.69, 9.17) is 0 Å². The number of benzene rings is 1. The van der Waals surface area contributed by atoms with Crippen LogP contribution in [-0.2, 0) is 5.75 Å². The van der Waals surface area contributed by atoms with E-state index in [0.29, 0.717) is 34.9 Å². The first-order chi connectivity index (χ1) is 10.6. The van der Waals surface area contributed by atoms with E-state index in [1.54, 1.807) is 30.0 Å². The van der Waals surface area contributed by atoms with Crippen LogP contribution in [-0.4, -0.2) is 29.0 Å². The molecule has 2 aromatic rings. The molecule has 0 spiro atoms. The van der Waals surface area contributed by atoms with Crippen molar-refractivity contribution in [3.05, 3.63) is 59.2 Å². The standard InChI is InChI=1S/C16H17FN2O2S/c1-11(20)13-8-15(19-9-13)16(21)18-6-7-22-10-12-4-2-3-5-14(12)17/h2-5,8-9,19H,6-7,10H2,1H3,(H,18,21). The highest BCUT2D eigenvalue weighted by molar-refractivity contribution is 7.98. The van der Waals surface area contributed by atoms with Crippen LogP contribution >= 0.6 is 11.8 Å². The molecule has 0 radical (unpaired) electrons. The van der Waals surface area contributed by atoms with Crippen LogP contribution in [0.3, 0.4) is 0 Å². The molecule has 0 atom stereocenters. The smallest absolute Gasteiger partial charge is 0.267 e. The summed E-state index contributed by atoms with van der Waals surface area (Å²) in [4.78, 5) is 25.8. The number of carbonyl (C=O) groups excluding carboxylic acids is 2. The molecule has 6 heteroatoms. The number of Topliss-reactive ketones (excluding diaryl/α,β-unsaturated/α-hetero) is 1. The normalized spacial score (nSPS) is 10.5. The van der Waals surface area contributed by atoms with Gasteiger partial charge in [0.25, 0.3) is 5.91 Å². The van der Waals surface area contributed by atoms with Gasteiger partial charge in [-0.1, -0.05) is 18.2 Å². The zero-order valence-corrected chi connectivity index (χ0v) is 13.0. The van der Waals surface area contributed by atoms with Crippen molar-refractivity contribution in [1.29, 1.82) is 0 Å². The highest BCUT2D eigenvalue weighted by Gasteiger charge is 2.10. The fraction of sp³-hybridized carbons (Fsp3) is 0.250. The third-order valence-electron chi connectivity index (χ3n) is 3.08. The van der Waals surface area contributed by atoms with Crippen molar-refractivity contribution in [2.24, 2.45) is 0 Å². The lowest BCUT2D eigenvalue weighted by atomic mass is 10.2. The van der Waals surface area contributed by atoms with Crippen molar-refractivity contribution in [2.75, 3.05) is 12.3 Å². The largest absolute Gasteiger partial charge is 0.356 e.